The number of halogens is 1. The maximum atomic E-state index is 12.1. The average Bonchev–Trinajstić information content (AvgIpc) is 2.39. The number of hydrogen-bond acceptors (Lipinski definition) is 2. The van der Waals surface area contributed by atoms with Crippen molar-refractivity contribution >= 4 is 40.5 Å². The van der Waals surface area contributed by atoms with Gasteiger partial charge in [-0.3, -0.25) is 0 Å². The Morgan fingerprint density at radius 1 is 1.42 bits per heavy atom. The molecule has 1 aliphatic rings. The number of amides is 2. The Morgan fingerprint density at radius 3 is 2.68 bits per heavy atom. The Hall–Kier alpha value is -1.33. The van der Waals surface area contributed by atoms with Crippen molar-refractivity contribution in [3.63, 3.8) is 0 Å². The quantitative estimate of drug-likeness (QED) is 0.825. The molecule has 1 aromatic rings. The number of nitrogens with two attached hydrogens (primary N) is 1. The first kappa shape index (κ1) is 14.1. The van der Waals surface area contributed by atoms with Crippen molar-refractivity contribution in [2.75, 3.05) is 18.4 Å². The third-order valence-electron chi connectivity index (χ3n) is 3.26. The second-order valence-electron chi connectivity index (χ2n) is 4.60. The molecule has 1 aromatic carbocycles. The SMILES string of the molecule is NC(=S)C1CCN(C(=O)Nc2cccc(Cl)c2)CC1. The molecule has 1 heterocycles. The molecular weight excluding hydrogens is 282 g/mol. The number of urea groups is 1. The minimum Gasteiger partial charge on any atom is -0.393 e. The Balaban J connectivity index is 1.90. The highest BCUT2D eigenvalue weighted by Gasteiger charge is 2.24. The first-order valence-electron chi connectivity index (χ1n) is 6.17. The maximum absolute atomic E-state index is 12.1. The molecule has 102 valence electrons. The van der Waals surface area contributed by atoms with Crippen LogP contribution in [0.3, 0.4) is 0 Å². The van der Waals surface area contributed by atoms with Gasteiger partial charge < -0.3 is 16.0 Å². The van der Waals surface area contributed by atoms with E-state index in [0.29, 0.717) is 28.8 Å². The Kier molecular flexibility index (Phi) is 4.61. The zero-order valence-electron chi connectivity index (χ0n) is 10.4. The molecule has 1 saturated heterocycles. The van der Waals surface area contributed by atoms with Crippen LogP contribution in [0.4, 0.5) is 10.5 Å². The highest BCUT2D eigenvalue weighted by molar-refractivity contribution is 7.80. The van der Waals surface area contributed by atoms with Gasteiger partial charge >= 0.3 is 6.03 Å². The fraction of sp³-hybridized carbons (Fsp3) is 0.385. The van der Waals surface area contributed by atoms with Gasteiger partial charge in [0.1, 0.15) is 0 Å². The van der Waals surface area contributed by atoms with Crippen LogP contribution in [-0.4, -0.2) is 29.0 Å². The largest absolute Gasteiger partial charge is 0.393 e. The summed E-state index contributed by atoms with van der Waals surface area (Å²) in [6.07, 6.45) is 1.66. The van der Waals surface area contributed by atoms with Crippen LogP contribution in [0.1, 0.15) is 12.8 Å². The summed E-state index contributed by atoms with van der Waals surface area (Å²) in [5.74, 6) is 0.255. The number of thiocarbonyl (C=S) groups is 1. The number of anilines is 1. The zero-order chi connectivity index (χ0) is 13.8. The molecule has 2 amide bonds. The lowest BCUT2D eigenvalue weighted by atomic mass is 9.97. The molecule has 1 aliphatic heterocycles. The number of piperidine rings is 1. The summed E-state index contributed by atoms with van der Waals surface area (Å²) in [5, 5.41) is 3.44. The molecule has 6 heteroatoms. The Morgan fingerprint density at radius 2 is 2.11 bits per heavy atom. The average molecular weight is 298 g/mol. The highest BCUT2D eigenvalue weighted by atomic mass is 35.5. The number of carbonyl (C=O) groups excluding carboxylic acids is 1. The van der Waals surface area contributed by atoms with Crippen LogP contribution < -0.4 is 11.1 Å². The van der Waals surface area contributed by atoms with Gasteiger partial charge in [-0.15, -0.1) is 0 Å². The van der Waals surface area contributed by atoms with Gasteiger partial charge in [0.2, 0.25) is 0 Å². The molecule has 0 unspecified atom stereocenters. The van der Waals surface area contributed by atoms with E-state index in [1.165, 1.54) is 0 Å². The third-order valence-corrected chi connectivity index (χ3v) is 3.83. The van der Waals surface area contributed by atoms with E-state index in [-0.39, 0.29) is 11.9 Å². The van der Waals surface area contributed by atoms with E-state index in [2.05, 4.69) is 5.32 Å². The lowest BCUT2D eigenvalue weighted by molar-refractivity contribution is 0.193. The second-order valence-corrected chi connectivity index (χ2v) is 5.51. The molecule has 0 saturated carbocycles. The van der Waals surface area contributed by atoms with E-state index < -0.39 is 0 Å². The summed E-state index contributed by atoms with van der Waals surface area (Å²) in [5.41, 5.74) is 6.33. The van der Waals surface area contributed by atoms with E-state index in [9.17, 15) is 4.79 Å². The van der Waals surface area contributed by atoms with E-state index >= 15 is 0 Å². The standard InChI is InChI=1S/C13H16ClN3OS/c14-10-2-1-3-11(8-10)16-13(18)17-6-4-9(5-7-17)12(15)19/h1-3,8-9H,4-7H2,(H2,15,19)(H,16,18). The maximum Gasteiger partial charge on any atom is 0.321 e. The predicted molar refractivity (Wildman–Crippen MR) is 81.6 cm³/mol. The van der Waals surface area contributed by atoms with Gasteiger partial charge in [0.25, 0.3) is 0 Å². The molecule has 3 N–H and O–H groups in total. The number of nitrogens with zero attached hydrogens (tertiary/aromatic N) is 1. The monoisotopic (exact) mass is 297 g/mol. The fourth-order valence-corrected chi connectivity index (χ4v) is 2.56. The molecule has 0 radical (unpaired) electrons. The predicted octanol–water partition coefficient (Wildman–Crippen LogP) is 2.87. The summed E-state index contributed by atoms with van der Waals surface area (Å²) >= 11 is 10.9. The zero-order valence-corrected chi connectivity index (χ0v) is 12.0. The Bertz CT molecular complexity index is 487. The van der Waals surface area contributed by atoms with Gasteiger partial charge in [0, 0.05) is 29.7 Å². The minimum atomic E-state index is -0.108. The van der Waals surface area contributed by atoms with Crippen LogP contribution in [0.15, 0.2) is 24.3 Å². The molecule has 0 aromatic heterocycles. The molecule has 0 aliphatic carbocycles. The molecule has 4 nitrogen and oxygen atoms in total. The Labute approximate surface area is 122 Å². The van der Waals surface area contributed by atoms with E-state index in [1.54, 1.807) is 23.1 Å². The van der Waals surface area contributed by atoms with E-state index in [1.807, 2.05) is 6.07 Å². The van der Waals surface area contributed by atoms with Crippen molar-refractivity contribution in [2.24, 2.45) is 11.7 Å². The van der Waals surface area contributed by atoms with Crippen LogP contribution in [0.5, 0.6) is 0 Å². The number of nitrogens with one attached hydrogen (secondary N) is 1. The normalized spacial score (nSPS) is 16.2. The fourth-order valence-electron chi connectivity index (χ4n) is 2.14. The lowest BCUT2D eigenvalue weighted by Crippen LogP contribution is -2.43. The minimum absolute atomic E-state index is 0.108. The van der Waals surface area contributed by atoms with Crippen molar-refractivity contribution in [1.29, 1.82) is 0 Å². The van der Waals surface area contributed by atoms with Crippen molar-refractivity contribution in [2.45, 2.75) is 12.8 Å². The van der Waals surface area contributed by atoms with Gasteiger partial charge in [0.15, 0.2) is 0 Å². The summed E-state index contributed by atoms with van der Waals surface area (Å²) in [6, 6.07) is 7.00. The number of hydrogen-bond donors (Lipinski definition) is 2. The van der Waals surface area contributed by atoms with Crippen LogP contribution in [0.25, 0.3) is 0 Å². The van der Waals surface area contributed by atoms with Crippen molar-refractivity contribution in [3.05, 3.63) is 29.3 Å². The van der Waals surface area contributed by atoms with Crippen LogP contribution >= 0.6 is 23.8 Å². The molecule has 0 spiro atoms. The van der Waals surface area contributed by atoms with Gasteiger partial charge in [-0.05, 0) is 31.0 Å². The van der Waals surface area contributed by atoms with Gasteiger partial charge in [0.05, 0.1) is 4.99 Å². The molecule has 0 atom stereocenters. The van der Waals surface area contributed by atoms with Gasteiger partial charge in [-0.25, -0.2) is 4.79 Å². The van der Waals surface area contributed by atoms with Gasteiger partial charge in [-0.1, -0.05) is 29.9 Å². The van der Waals surface area contributed by atoms with Crippen LogP contribution in [0.2, 0.25) is 5.02 Å². The number of carbonyl (C=O) groups is 1. The smallest absolute Gasteiger partial charge is 0.321 e. The highest BCUT2D eigenvalue weighted by Crippen LogP contribution is 2.19. The number of rotatable bonds is 2. The summed E-state index contributed by atoms with van der Waals surface area (Å²) < 4.78 is 0. The summed E-state index contributed by atoms with van der Waals surface area (Å²) in [7, 11) is 0. The van der Waals surface area contributed by atoms with E-state index in [4.69, 9.17) is 29.6 Å². The lowest BCUT2D eigenvalue weighted by Gasteiger charge is -2.31. The number of benzene rings is 1. The van der Waals surface area contributed by atoms with Crippen molar-refractivity contribution in [1.82, 2.24) is 4.90 Å². The molecule has 19 heavy (non-hydrogen) atoms. The van der Waals surface area contributed by atoms with E-state index in [0.717, 1.165) is 12.8 Å². The first-order valence-corrected chi connectivity index (χ1v) is 6.95. The number of likely N-dealkylation sites (tertiary alicyclic amines) is 1. The topological polar surface area (TPSA) is 58.4 Å². The molecule has 0 bridgehead atoms. The first-order chi connectivity index (χ1) is 9.06. The third kappa shape index (κ3) is 3.81. The summed E-state index contributed by atoms with van der Waals surface area (Å²) in [6.45, 7) is 1.35. The van der Waals surface area contributed by atoms with Crippen LogP contribution in [0, 0.1) is 5.92 Å². The second kappa shape index (κ2) is 6.21. The summed E-state index contributed by atoms with van der Waals surface area (Å²) in [4.78, 5) is 14.4. The van der Waals surface area contributed by atoms with Crippen molar-refractivity contribution in [3.8, 4) is 0 Å². The molecular formula is C13H16ClN3OS. The molecule has 1 fully saturated rings. The molecule has 2 rings (SSSR count). The van der Waals surface area contributed by atoms with Gasteiger partial charge in [-0.2, -0.15) is 0 Å². The van der Waals surface area contributed by atoms with Crippen molar-refractivity contribution < 1.29 is 4.79 Å². The van der Waals surface area contributed by atoms with Crippen LogP contribution in [-0.2, 0) is 0 Å².